The van der Waals surface area contributed by atoms with Gasteiger partial charge in [0.1, 0.15) is 12.4 Å². The van der Waals surface area contributed by atoms with E-state index in [1.165, 1.54) is 0 Å². The SMILES string of the molecule is Cc1ccc(S(=O)(=O)NCC2CCCN(CC(=O)NCCOc3ccccc3)C2)cc1. The molecule has 1 aliphatic heterocycles. The van der Waals surface area contributed by atoms with Crippen molar-refractivity contribution < 1.29 is 17.9 Å². The maximum absolute atomic E-state index is 12.5. The van der Waals surface area contributed by atoms with E-state index in [2.05, 4.69) is 14.9 Å². The van der Waals surface area contributed by atoms with Gasteiger partial charge in [0.05, 0.1) is 18.0 Å². The molecule has 0 aromatic heterocycles. The molecule has 0 bridgehead atoms. The fraction of sp³-hybridized carbons (Fsp3) is 0.435. The molecule has 2 aromatic rings. The van der Waals surface area contributed by atoms with Gasteiger partial charge in [-0.05, 0) is 56.5 Å². The van der Waals surface area contributed by atoms with Crippen molar-refractivity contribution >= 4 is 15.9 Å². The van der Waals surface area contributed by atoms with Gasteiger partial charge >= 0.3 is 0 Å². The van der Waals surface area contributed by atoms with E-state index in [0.717, 1.165) is 30.7 Å². The Kier molecular flexibility index (Phi) is 8.45. The van der Waals surface area contributed by atoms with Crippen LogP contribution in [-0.2, 0) is 14.8 Å². The number of piperidine rings is 1. The maximum Gasteiger partial charge on any atom is 0.240 e. The highest BCUT2D eigenvalue weighted by Gasteiger charge is 2.23. The van der Waals surface area contributed by atoms with Crippen molar-refractivity contribution in [2.75, 3.05) is 39.3 Å². The topological polar surface area (TPSA) is 87.7 Å². The van der Waals surface area contributed by atoms with Crippen molar-refractivity contribution in [2.24, 2.45) is 5.92 Å². The van der Waals surface area contributed by atoms with E-state index in [0.29, 0.717) is 32.8 Å². The van der Waals surface area contributed by atoms with E-state index in [9.17, 15) is 13.2 Å². The summed E-state index contributed by atoms with van der Waals surface area (Å²) in [6.07, 6.45) is 1.89. The van der Waals surface area contributed by atoms with Crippen LogP contribution in [0.25, 0.3) is 0 Å². The van der Waals surface area contributed by atoms with Gasteiger partial charge in [-0.25, -0.2) is 13.1 Å². The Morgan fingerprint density at radius 2 is 1.87 bits per heavy atom. The third-order valence-electron chi connectivity index (χ3n) is 5.30. The number of nitrogens with one attached hydrogen (secondary N) is 2. The van der Waals surface area contributed by atoms with E-state index in [1.54, 1.807) is 24.3 Å². The molecule has 0 saturated carbocycles. The first-order valence-electron chi connectivity index (χ1n) is 10.7. The minimum Gasteiger partial charge on any atom is -0.492 e. The zero-order valence-corrected chi connectivity index (χ0v) is 18.7. The Balaban J connectivity index is 1.37. The van der Waals surface area contributed by atoms with Gasteiger partial charge < -0.3 is 10.1 Å². The standard InChI is InChI=1S/C23H31N3O4S/c1-19-9-11-22(12-10-19)31(28,29)25-16-20-6-5-14-26(17-20)18-23(27)24-13-15-30-21-7-3-2-4-8-21/h2-4,7-12,20,25H,5-6,13-18H2,1H3,(H,24,27). The molecule has 31 heavy (non-hydrogen) atoms. The summed E-state index contributed by atoms with van der Waals surface area (Å²) in [5, 5.41) is 2.88. The van der Waals surface area contributed by atoms with Crippen LogP contribution in [0.2, 0.25) is 0 Å². The lowest BCUT2D eigenvalue weighted by Crippen LogP contribution is -2.45. The Morgan fingerprint density at radius 1 is 1.13 bits per heavy atom. The maximum atomic E-state index is 12.5. The van der Waals surface area contributed by atoms with E-state index in [-0.39, 0.29) is 16.7 Å². The molecule has 8 heteroatoms. The highest BCUT2D eigenvalue weighted by atomic mass is 32.2. The molecule has 1 saturated heterocycles. The predicted octanol–water partition coefficient (Wildman–Crippen LogP) is 2.18. The van der Waals surface area contributed by atoms with E-state index < -0.39 is 10.0 Å². The van der Waals surface area contributed by atoms with Gasteiger partial charge in [-0.3, -0.25) is 9.69 Å². The number of para-hydroxylation sites is 1. The van der Waals surface area contributed by atoms with Crippen LogP contribution in [0.5, 0.6) is 5.75 Å². The minimum atomic E-state index is -3.52. The van der Waals surface area contributed by atoms with Crippen molar-refractivity contribution in [2.45, 2.75) is 24.7 Å². The zero-order chi connectivity index (χ0) is 22.1. The number of amides is 1. The summed E-state index contributed by atoms with van der Waals surface area (Å²) in [4.78, 5) is 14.6. The van der Waals surface area contributed by atoms with Crippen LogP contribution in [0, 0.1) is 12.8 Å². The highest BCUT2D eigenvalue weighted by Crippen LogP contribution is 2.17. The molecule has 0 aliphatic carbocycles. The van der Waals surface area contributed by atoms with Crippen LogP contribution in [0.1, 0.15) is 18.4 Å². The number of ether oxygens (including phenoxy) is 1. The van der Waals surface area contributed by atoms with Crippen LogP contribution in [0.3, 0.4) is 0 Å². The largest absolute Gasteiger partial charge is 0.492 e. The van der Waals surface area contributed by atoms with Gasteiger partial charge in [-0.1, -0.05) is 35.9 Å². The van der Waals surface area contributed by atoms with Crippen LogP contribution in [-0.4, -0.2) is 58.6 Å². The number of benzene rings is 2. The third kappa shape index (κ3) is 7.65. The summed E-state index contributed by atoms with van der Waals surface area (Å²) >= 11 is 0. The van der Waals surface area contributed by atoms with E-state index in [1.807, 2.05) is 37.3 Å². The summed E-state index contributed by atoms with van der Waals surface area (Å²) in [5.41, 5.74) is 1.02. The van der Waals surface area contributed by atoms with Crippen molar-refractivity contribution in [3.63, 3.8) is 0 Å². The van der Waals surface area contributed by atoms with Gasteiger partial charge in [0.15, 0.2) is 0 Å². The van der Waals surface area contributed by atoms with Crippen molar-refractivity contribution in [3.8, 4) is 5.75 Å². The molecular weight excluding hydrogens is 414 g/mol. The first-order chi connectivity index (χ1) is 14.9. The van der Waals surface area contributed by atoms with Crippen molar-refractivity contribution in [3.05, 3.63) is 60.2 Å². The summed E-state index contributed by atoms with van der Waals surface area (Å²) in [5.74, 6) is 0.921. The molecule has 1 unspecified atom stereocenters. The molecule has 0 radical (unpaired) electrons. The number of carbonyl (C=O) groups excluding carboxylic acids is 1. The zero-order valence-electron chi connectivity index (χ0n) is 17.9. The second-order valence-corrected chi connectivity index (χ2v) is 9.69. The molecule has 1 atom stereocenters. The Morgan fingerprint density at radius 3 is 2.61 bits per heavy atom. The van der Waals surface area contributed by atoms with Crippen LogP contribution in [0.15, 0.2) is 59.5 Å². The molecule has 0 spiro atoms. The Hall–Kier alpha value is -2.42. The number of sulfonamides is 1. The third-order valence-corrected chi connectivity index (χ3v) is 6.74. The van der Waals surface area contributed by atoms with Gasteiger partial charge in [0, 0.05) is 13.1 Å². The normalized spacial score (nSPS) is 17.3. The predicted molar refractivity (Wildman–Crippen MR) is 120 cm³/mol. The number of hydrogen-bond donors (Lipinski definition) is 2. The van der Waals surface area contributed by atoms with Gasteiger partial charge in [0.2, 0.25) is 15.9 Å². The smallest absolute Gasteiger partial charge is 0.240 e. The summed E-state index contributed by atoms with van der Waals surface area (Å²) < 4.78 is 33.3. The number of rotatable bonds is 10. The Bertz CT molecular complexity index is 933. The molecule has 2 N–H and O–H groups in total. The first kappa shape index (κ1) is 23.2. The van der Waals surface area contributed by atoms with Gasteiger partial charge in [-0.2, -0.15) is 0 Å². The van der Waals surface area contributed by atoms with Crippen LogP contribution in [0.4, 0.5) is 0 Å². The number of nitrogens with zero attached hydrogens (tertiary/aromatic N) is 1. The Labute approximate surface area is 184 Å². The summed E-state index contributed by atoms with van der Waals surface area (Å²) in [6, 6.07) is 16.3. The van der Waals surface area contributed by atoms with Gasteiger partial charge in [0.25, 0.3) is 0 Å². The second kappa shape index (κ2) is 11.3. The van der Waals surface area contributed by atoms with Crippen LogP contribution >= 0.6 is 0 Å². The fourth-order valence-electron chi connectivity index (χ4n) is 3.62. The fourth-order valence-corrected chi connectivity index (χ4v) is 4.74. The molecule has 1 aliphatic rings. The second-order valence-electron chi connectivity index (χ2n) is 7.92. The quantitative estimate of drug-likeness (QED) is 0.548. The average Bonchev–Trinajstić information content (AvgIpc) is 2.77. The molecular formula is C23H31N3O4S. The van der Waals surface area contributed by atoms with Crippen LogP contribution < -0.4 is 14.8 Å². The molecule has 2 aromatic carbocycles. The molecule has 1 heterocycles. The number of likely N-dealkylation sites (tertiary alicyclic amines) is 1. The molecule has 7 nitrogen and oxygen atoms in total. The monoisotopic (exact) mass is 445 g/mol. The minimum absolute atomic E-state index is 0.0439. The van der Waals surface area contributed by atoms with Crippen molar-refractivity contribution in [1.82, 2.24) is 14.9 Å². The molecule has 1 amide bonds. The average molecular weight is 446 g/mol. The lowest BCUT2D eigenvalue weighted by Gasteiger charge is -2.32. The van der Waals surface area contributed by atoms with E-state index >= 15 is 0 Å². The molecule has 1 fully saturated rings. The number of aryl methyl sites for hydroxylation is 1. The highest BCUT2D eigenvalue weighted by molar-refractivity contribution is 7.89. The first-order valence-corrected chi connectivity index (χ1v) is 12.1. The van der Waals surface area contributed by atoms with Crippen molar-refractivity contribution in [1.29, 1.82) is 0 Å². The number of carbonyl (C=O) groups is 1. The summed E-state index contributed by atoms with van der Waals surface area (Å²) in [6.45, 7) is 5.01. The molecule has 168 valence electrons. The molecule has 3 rings (SSSR count). The van der Waals surface area contributed by atoms with E-state index in [4.69, 9.17) is 4.74 Å². The van der Waals surface area contributed by atoms with Gasteiger partial charge in [-0.15, -0.1) is 0 Å². The summed E-state index contributed by atoms with van der Waals surface area (Å²) in [7, 11) is -3.52. The lowest BCUT2D eigenvalue weighted by atomic mass is 9.98. The lowest BCUT2D eigenvalue weighted by molar-refractivity contribution is -0.122. The number of hydrogen-bond acceptors (Lipinski definition) is 5.